The molecule has 2 bridgehead atoms. The normalized spacial score (nSPS) is 35.5. The van der Waals surface area contributed by atoms with Gasteiger partial charge in [-0.25, -0.2) is 0 Å². The Morgan fingerprint density at radius 2 is 1.96 bits per heavy atom. The summed E-state index contributed by atoms with van der Waals surface area (Å²) in [5, 5.41) is 3.24. The predicted octanol–water partition coefficient (Wildman–Crippen LogP) is 2.14. The molecule has 1 aromatic rings. The van der Waals surface area contributed by atoms with Crippen LogP contribution < -0.4 is 11.1 Å². The van der Waals surface area contributed by atoms with Crippen LogP contribution in [0.15, 0.2) is 30.3 Å². The molecular weight excluding hydrogens is 298 g/mol. The predicted molar refractivity (Wildman–Crippen MR) is 95.2 cm³/mol. The van der Waals surface area contributed by atoms with E-state index in [1.807, 2.05) is 0 Å². The Kier molecular flexibility index (Phi) is 4.59. The minimum atomic E-state index is 0.0627. The molecule has 3 fully saturated rings. The Morgan fingerprint density at radius 1 is 1.17 bits per heavy atom. The van der Waals surface area contributed by atoms with Gasteiger partial charge in [-0.3, -0.25) is 9.69 Å². The summed E-state index contributed by atoms with van der Waals surface area (Å²) in [7, 11) is 0. The number of nitrogens with one attached hydrogen (secondary N) is 1. The smallest absolute Gasteiger partial charge is 0.225 e. The first-order valence-corrected chi connectivity index (χ1v) is 9.53. The van der Waals surface area contributed by atoms with Crippen molar-refractivity contribution in [3.05, 3.63) is 35.9 Å². The van der Waals surface area contributed by atoms with Crippen LogP contribution in [0.5, 0.6) is 0 Å². The molecule has 130 valence electrons. The first-order chi connectivity index (χ1) is 11.7. The summed E-state index contributed by atoms with van der Waals surface area (Å²) < 4.78 is 0. The Balaban J connectivity index is 1.31. The molecule has 4 rings (SSSR count). The van der Waals surface area contributed by atoms with Gasteiger partial charge in [0.25, 0.3) is 0 Å². The minimum absolute atomic E-state index is 0.0627. The van der Waals surface area contributed by atoms with Gasteiger partial charge in [0.15, 0.2) is 0 Å². The molecule has 2 aliphatic carbocycles. The molecule has 1 saturated heterocycles. The molecule has 5 atom stereocenters. The molecule has 1 amide bonds. The number of rotatable bonds is 5. The maximum Gasteiger partial charge on any atom is 0.225 e. The van der Waals surface area contributed by atoms with Crippen molar-refractivity contribution in [1.29, 1.82) is 0 Å². The number of benzene rings is 1. The highest BCUT2D eigenvalue weighted by Gasteiger charge is 2.49. The zero-order chi connectivity index (χ0) is 16.5. The number of amides is 1. The van der Waals surface area contributed by atoms with Crippen molar-refractivity contribution in [3.8, 4) is 0 Å². The van der Waals surface area contributed by atoms with E-state index in [4.69, 9.17) is 5.73 Å². The van der Waals surface area contributed by atoms with Crippen LogP contribution in [0.1, 0.15) is 37.7 Å². The third-order valence-corrected chi connectivity index (χ3v) is 6.52. The van der Waals surface area contributed by atoms with Gasteiger partial charge in [-0.05, 0) is 56.0 Å². The molecule has 4 nitrogen and oxygen atoms in total. The van der Waals surface area contributed by atoms with E-state index in [9.17, 15) is 4.79 Å². The maximum atomic E-state index is 12.7. The summed E-state index contributed by atoms with van der Waals surface area (Å²) in [5.41, 5.74) is 7.66. The molecule has 3 N–H and O–H groups in total. The number of carbonyl (C=O) groups excluding carboxylic acids is 1. The van der Waals surface area contributed by atoms with Gasteiger partial charge >= 0.3 is 0 Å². The molecule has 0 radical (unpaired) electrons. The standard InChI is InChI=1S/C20H29N3O/c21-19-16-9-8-15(11-16)18(19)20(24)22-12-17-7-4-10-23(17)13-14-5-2-1-3-6-14/h1-3,5-6,15-19H,4,7-13,21H2,(H,22,24). The van der Waals surface area contributed by atoms with Crippen LogP contribution in [-0.2, 0) is 11.3 Å². The first kappa shape index (κ1) is 16.1. The highest BCUT2D eigenvalue weighted by molar-refractivity contribution is 5.80. The highest BCUT2D eigenvalue weighted by Crippen LogP contribution is 2.47. The molecule has 4 heteroatoms. The van der Waals surface area contributed by atoms with Gasteiger partial charge in [-0.1, -0.05) is 30.3 Å². The lowest BCUT2D eigenvalue weighted by Crippen LogP contribution is -2.48. The van der Waals surface area contributed by atoms with Crippen molar-refractivity contribution in [2.24, 2.45) is 23.5 Å². The zero-order valence-corrected chi connectivity index (χ0v) is 14.4. The van der Waals surface area contributed by atoms with Crippen molar-refractivity contribution in [1.82, 2.24) is 10.2 Å². The second-order valence-corrected chi connectivity index (χ2v) is 7.93. The lowest BCUT2D eigenvalue weighted by atomic mass is 9.84. The largest absolute Gasteiger partial charge is 0.354 e. The highest BCUT2D eigenvalue weighted by atomic mass is 16.2. The third kappa shape index (κ3) is 3.09. The fourth-order valence-corrected chi connectivity index (χ4v) is 5.21. The van der Waals surface area contributed by atoms with Crippen molar-refractivity contribution >= 4 is 5.91 Å². The fourth-order valence-electron chi connectivity index (χ4n) is 5.21. The van der Waals surface area contributed by atoms with Crippen LogP contribution in [0.4, 0.5) is 0 Å². The average molecular weight is 327 g/mol. The van der Waals surface area contributed by atoms with Crippen LogP contribution in [0, 0.1) is 17.8 Å². The van der Waals surface area contributed by atoms with Gasteiger partial charge in [-0.2, -0.15) is 0 Å². The topological polar surface area (TPSA) is 58.4 Å². The van der Waals surface area contributed by atoms with Gasteiger partial charge < -0.3 is 11.1 Å². The number of nitrogens with two attached hydrogens (primary N) is 1. The number of hydrogen-bond acceptors (Lipinski definition) is 3. The number of nitrogens with zero attached hydrogens (tertiary/aromatic N) is 1. The van der Waals surface area contributed by atoms with E-state index >= 15 is 0 Å². The van der Waals surface area contributed by atoms with E-state index in [1.165, 1.54) is 37.7 Å². The van der Waals surface area contributed by atoms with E-state index in [2.05, 4.69) is 40.5 Å². The number of likely N-dealkylation sites (tertiary alicyclic amines) is 1. The van der Waals surface area contributed by atoms with Crippen molar-refractivity contribution < 1.29 is 4.79 Å². The summed E-state index contributed by atoms with van der Waals surface area (Å²) in [6.07, 6.45) is 5.99. The van der Waals surface area contributed by atoms with Crippen LogP contribution in [0.3, 0.4) is 0 Å². The Morgan fingerprint density at radius 3 is 2.71 bits per heavy atom. The van der Waals surface area contributed by atoms with Gasteiger partial charge in [0.05, 0.1) is 5.92 Å². The van der Waals surface area contributed by atoms with E-state index in [0.717, 1.165) is 19.6 Å². The molecule has 3 aliphatic rings. The molecule has 0 spiro atoms. The van der Waals surface area contributed by atoms with Crippen molar-refractivity contribution in [3.63, 3.8) is 0 Å². The third-order valence-electron chi connectivity index (χ3n) is 6.52. The second-order valence-electron chi connectivity index (χ2n) is 7.93. The molecular formula is C20H29N3O. The Labute approximate surface area is 144 Å². The summed E-state index contributed by atoms with van der Waals surface area (Å²) >= 11 is 0. The fraction of sp³-hybridized carbons (Fsp3) is 0.650. The van der Waals surface area contributed by atoms with Gasteiger partial charge in [0, 0.05) is 25.2 Å². The van der Waals surface area contributed by atoms with Gasteiger partial charge in [0.1, 0.15) is 0 Å². The van der Waals surface area contributed by atoms with Crippen LogP contribution >= 0.6 is 0 Å². The monoisotopic (exact) mass is 327 g/mol. The SMILES string of the molecule is NC1C2CCC(C2)C1C(=O)NCC1CCCN1Cc1ccccc1. The average Bonchev–Trinajstić information content (AvgIpc) is 3.30. The zero-order valence-electron chi connectivity index (χ0n) is 14.4. The summed E-state index contributed by atoms with van der Waals surface area (Å²) in [6, 6.07) is 11.2. The second kappa shape index (κ2) is 6.85. The van der Waals surface area contributed by atoms with Crippen LogP contribution in [-0.4, -0.2) is 36.0 Å². The van der Waals surface area contributed by atoms with Gasteiger partial charge in [-0.15, -0.1) is 0 Å². The van der Waals surface area contributed by atoms with E-state index in [0.29, 0.717) is 17.9 Å². The van der Waals surface area contributed by atoms with E-state index in [-0.39, 0.29) is 17.9 Å². The molecule has 5 unspecified atom stereocenters. The molecule has 1 aromatic carbocycles. The number of fused-ring (bicyclic) bond motifs is 2. The first-order valence-electron chi connectivity index (χ1n) is 9.53. The van der Waals surface area contributed by atoms with Gasteiger partial charge in [0.2, 0.25) is 5.91 Å². The molecule has 0 aromatic heterocycles. The molecule has 1 heterocycles. The molecule has 24 heavy (non-hydrogen) atoms. The van der Waals surface area contributed by atoms with E-state index < -0.39 is 0 Å². The lowest BCUT2D eigenvalue weighted by Gasteiger charge is -2.29. The van der Waals surface area contributed by atoms with Crippen molar-refractivity contribution in [2.45, 2.75) is 50.7 Å². The lowest BCUT2D eigenvalue weighted by molar-refractivity contribution is -0.127. The summed E-state index contributed by atoms with van der Waals surface area (Å²) in [6.45, 7) is 2.88. The summed E-state index contributed by atoms with van der Waals surface area (Å²) in [4.78, 5) is 15.2. The molecule has 1 aliphatic heterocycles. The number of carbonyl (C=O) groups is 1. The minimum Gasteiger partial charge on any atom is -0.354 e. The summed E-state index contributed by atoms with van der Waals surface area (Å²) in [5.74, 6) is 1.40. The van der Waals surface area contributed by atoms with Crippen LogP contribution in [0.2, 0.25) is 0 Å². The quantitative estimate of drug-likeness (QED) is 0.871. The van der Waals surface area contributed by atoms with E-state index in [1.54, 1.807) is 0 Å². The molecule has 2 saturated carbocycles. The van der Waals surface area contributed by atoms with Crippen molar-refractivity contribution in [2.75, 3.05) is 13.1 Å². The maximum absolute atomic E-state index is 12.7. The Bertz CT molecular complexity index is 574. The van der Waals surface area contributed by atoms with Crippen LogP contribution in [0.25, 0.3) is 0 Å². The Hall–Kier alpha value is -1.39. The number of hydrogen-bond donors (Lipinski definition) is 2.